The number of hydrogen-bond acceptors (Lipinski definition) is 1. The van der Waals surface area contributed by atoms with Gasteiger partial charge in [0.1, 0.15) is 0 Å². The molecular formula is C10H9BrO2. The summed E-state index contributed by atoms with van der Waals surface area (Å²) in [6.07, 6.45) is 2.68. The molecule has 0 unspecified atom stereocenters. The van der Waals surface area contributed by atoms with Crippen LogP contribution >= 0.6 is 15.9 Å². The fourth-order valence-corrected chi connectivity index (χ4v) is 1.55. The molecule has 0 atom stereocenters. The van der Waals surface area contributed by atoms with Gasteiger partial charge in [0, 0.05) is 10.5 Å². The Kier molecular flexibility index (Phi) is 3.25. The summed E-state index contributed by atoms with van der Waals surface area (Å²) in [5, 5.41) is 8.42. The average Bonchev–Trinajstić information content (AvgIpc) is 2.02. The first-order valence-corrected chi connectivity index (χ1v) is 4.56. The summed E-state index contributed by atoms with van der Waals surface area (Å²) in [6.45, 7) is 1.98. The molecule has 0 radical (unpaired) electrons. The van der Waals surface area contributed by atoms with Crippen LogP contribution in [0.4, 0.5) is 0 Å². The van der Waals surface area contributed by atoms with E-state index in [1.165, 1.54) is 0 Å². The smallest absolute Gasteiger partial charge is 0.328 e. The topological polar surface area (TPSA) is 37.3 Å². The Balaban J connectivity index is 2.96. The van der Waals surface area contributed by atoms with Crippen LogP contribution in [0, 0.1) is 6.92 Å². The van der Waals surface area contributed by atoms with Crippen LogP contribution in [0.5, 0.6) is 0 Å². The van der Waals surface area contributed by atoms with E-state index in [0.717, 1.165) is 21.7 Å². The average molecular weight is 241 g/mol. The van der Waals surface area contributed by atoms with Gasteiger partial charge < -0.3 is 5.11 Å². The molecule has 0 saturated heterocycles. The number of carbonyl (C=O) groups is 1. The van der Waals surface area contributed by atoms with Crippen LogP contribution in [-0.4, -0.2) is 11.1 Å². The zero-order valence-corrected chi connectivity index (χ0v) is 8.71. The molecule has 2 nitrogen and oxygen atoms in total. The van der Waals surface area contributed by atoms with E-state index in [-0.39, 0.29) is 0 Å². The Bertz CT molecular complexity index is 356. The number of benzene rings is 1. The molecule has 0 aromatic heterocycles. The van der Waals surface area contributed by atoms with Gasteiger partial charge in [-0.1, -0.05) is 28.1 Å². The minimum absolute atomic E-state index is 0.869. The standard InChI is InChI=1S/C10H9BrO2/c1-7-2-3-8(9(11)6-7)4-5-10(12)13/h2-6H,1H3,(H,12,13)/b5-4+. The number of carboxylic acid groups (broad SMARTS) is 1. The molecule has 68 valence electrons. The normalized spacial score (nSPS) is 10.6. The zero-order chi connectivity index (χ0) is 9.84. The largest absolute Gasteiger partial charge is 0.478 e. The second-order valence-electron chi connectivity index (χ2n) is 2.70. The third-order valence-electron chi connectivity index (χ3n) is 1.56. The van der Waals surface area contributed by atoms with Gasteiger partial charge in [-0.3, -0.25) is 0 Å². The molecule has 0 saturated carbocycles. The molecule has 0 aliphatic carbocycles. The monoisotopic (exact) mass is 240 g/mol. The lowest BCUT2D eigenvalue weighted by molar-refractivity contribution is -0.131. The van der Waals surface area contributed by atoms with Gasteiger partial charge in [-0.05, 0) is 30.2 Å². The summed E-state index contributed by atoms with van der Waals surface area (Å²) in [6, 6.07) is 5.76. The maximum absolute atomic E-state index is 10.2. The Hall–Kier alpha value is -1.09. The Labute approximate surface area is 85.0 Å². The van der Waals surface area contributed by atoms with Crippen LogP contribution in [0.15, 0.2) is 28.7 Å². The lowest BCUT2D eigenvalue weighted by atomic mass is 10.1. The highest BCUT2D eigenvalue weighted by Crippen LogP contribution is 2.19. The second kappa shape index (κ2) is 4.23. The van der Waals surface area contributed by atoms with Gasteiger partial charge in [0.2, 0.25) is 0 Å². The van der Waals surface area contributed by atoms with Crippen LogP contribution < -0.4 is 0 Å². The van der Waals surface area contributed by atoms with Gasteiger partial charge in [0.15, 0.2) is 0 Å². The number of hydrogen-bond donors (Lipinski definition) is 1. The van der Waals surface area contributed by atoms with Crippen molar-refractivity contribution >= 4 is 28.0 Å². The van der Waals surface area contributed by atoms with E-state index >= 15 is 0 Å². The molecule has 0 fully saturated rings. The second-order valence-corrected chi connectivity index (χ2v) is 3.55. The summed E-state index contributed by atoms with van der Waals surface area (Å²) >= 11 is 3.35. The number of carboxylic acids is 1. The molecule has 1 N–H and O–H groups in total. The van der Waals surface area contributed by atoms with E-state index in [1.54, 1.807) is 6.08 Å². The fourth-order valence-electron chi connectivity index (χ4n) is 0.928. The van der Waals surface area contributed by atoms with E-state index in [4.69, 9.17) is 5.11 Å². The molecule has 0 amide bonds. The molecule has 3 heteroatoms. The van der Waals surface area contributed by atoms with Crippen LogP contribution in [0.25, 0.3) is 6.08 Å². The van der Waals surface area contributed by atoms with E-state index in [0.29, 0.717) is 0 Å². The first-order chi connectivity index (χ1) is 6.09. The third kappa shape index (κ3) is 3.03. The predicted octanol–water partition coefficient (Wildman–Crippen LogP) is 2.86. The predicted molar refractivity (Wildman–Crippen MR) is 55.5 cm³/mol. The van der Waals surface area contributed by atoms with E-state index in [1.807, 2.05) is 25.1 Å². The van der Waals surface area contributed by atoms with Crippen molar-refractivity contribution < 1.29 is 9.90 Å². The van der Waals surface area contributed by atoms with Crippen molar-refractivity contribution in [1.29, 1.82) is 0 Å². The summed E-state index contributed by atoms with van der Waals surface area (Å²) in [4.78, 5) is 10.2. The van der Waals surface area contributed by atoms with E-state index < -0.39 is 5.97 Å². The van der Waals surface area contributed by atoms with Gasteiger partial charge in [-0.15, -0.1) is 0 Å². The lowest BCUT2D eigenvalue weighted by Crippen LogP contribution is -1.86. The van der Waals surface area contributed by atoms with Crippen molar-refractivity contribution in [3.05, 3.63) is 39.9 Å². The molecular weight excluding hydrogens is 232 g/mol. The van der Waals surface area contributed by atoms with Crippen molar-refractivity contribution in [3.8, 4) is 0 Å². The van der Waals surface area contributed by atoms with E-state index in [2.05, 4.69) is 15.9 Å². The molecule has 1 aromatic rings. The third-order valence-corrected chi connectivity index (χ3v) is 2.25. The maximum Gasteiger partial charge on any atom is 0.328 e. The quantitative estimate of drug-likeness (QED) is 0.808. The molecule has 0 bridgehead atoms. The summed E-state index contributed by atoms with van der Waals surface area (Å²) in [5.41, 5.74) is 2.01. The Morgan fingerprint density at radius 3 is 2.77 bits per heavy atom. The highest BCUT2D eigenvalue weighted by molar-refractivity contribution is 9.10. The van der Waals surface area contributed by atoms with E-state index in [9.17, 15) is 4.79 Å². The van der Waals surface area contributed by atoms with Crippen molar-refractivity contribution in [1.82, 2.24) is 0 Å². The zero-order valence-electron chi connectivity index (χ0n) is 7.12. The fraction of sp³-hybridized carbons (Fsp3) is 0.100. The number of rotatable bonds is 2. The maximum atomic E-state index is 10.2. The highest BCUT2D eigenvalue weighted by Gasteiger charge is 1.96. The van der Waals surface area contributed by atoms with Crippen LogP contribution in [0.2, 0.25) is 0 Å². The van der Waals surface area contributed by atoms with Crippen molar-refractivity contribution in [2.75, 3.05) is 0 Å². The molecule has 1 rings (SSSR count). The molecule has 0 aliphatic heterocycles. The van der Waals surface area contributed by atoms with Crippen molar-refractivity contribution in [2.24, 2.45) is 0 Å². The highest BCUT2D eigenvalue weighted by atomic mass is 79.9. The lowest BCUT2D eigenvalue weighted by Gasteiger charge is -1.98. The first kappa shape index (κ1) is 9.99. The molecule has 0 aliphatic rings. The Morgan fingerprint density at radius 2 is 2.23 bits per heavy atom. The summed E-state index contributed by atoms with van der Waals surface area (Å²) in [5.74, 6) is -0.938. The van der Waals surface area contributed by atoms with Crippen LogP contribution in [-0.2, 0) is 4.79 Å². The number of aliphatic carboxylic acids is 1. The van der Waals surface area contributed by atoms with Gasteiger partial charge >= 0.3 is 5.97 Å². The number of aryl methyl sites for hydroxylation is 1. The van der Waals surface area contributed by atoms with Crippen LogP contribution in [0.1, 0.15) is 11.1 Å². The first-order valence-electron chi connectivity index (χ1n) is 3.77. The molecule has 0 spiro atoms. The molecule has 0 heterocycles. The van der Waals surface area contributed by atoms with Gasteiger partial charge in [0.05, 0.1) is 0 Å². The molecule has 13 heavy (non-hydrogen) atoms. The SMILES string of the molecule is Cc1ccc(/C=C/C(=O)O)c(Br)c1. The minimum Gasteiger partial charge on any atom is -0.478 e. The van der Waals surface area contributed by atoms with Gasteiger partial charge in [-0.2, -0.15) is 0 Å². The van der Waals surface area contributed by atoms with Gasteiger partial charge in [0.25, 0.3) is 0 Å². The Morgan fingerprint density at radius 1 is 1.54 bits per heavy atom. The number of halogens is 1. The van der Waals surface area contributed by atoms with Crippen LogP contribution in [0.3, 0.4) is 0 Å². The van der Waals surface area contributed by atoms with Crippen molar-refractivity contribution in [3.63, 3.8) is 0 Å². The summed E-state index contributed by atoms with van der Waals surface area (Å²) < 4.78 is 0.907. The van der Waals surface area contributed by atoms with Gasteiger partial charge in [-0.25, -0.2) is 4.79 Å². The van der Waals surface area contributed by atoms with Crippen molar-refractivity contribution in [2.45, 2.75) is 6.92 Å². The molecule has 1 aromatic carbocycles. The summed E-state index contributed by atoms with van der Waals surface area (Å²) in [7, 11) is 0. The minimum atomic E-state index is -0.938.